The van der Waals surface area contributed by atoms with Crippen molar-refractivity contribution >= 4 is 0 Å². The summed E-state index contributed by atoms with van der Waals surface area (Å²) < 4.78 is 0. The van der Waals surface area contributed by atoms with Crippen LogP contribution >= 0.6 is 0 Å². The minimum absolute atomic E-state index is 0.389. The van der Waals surface area contributed by atoms with Crippen molar-refractivity contribution in [3.63, 3.8) is 0 Å². The average Bonchev–Trinajstić information content (AvgIpc) is 1.94. The molecule has 1 aliphatic rings. The molecule has 1 fully saturated rings. The molecule has 1 rings (SSSR count). The van der Waals surface area contributed by atoms with Gasteiger partial charge in [-0.15, -0.1) is 0 Å². The van der Waals surface area contributed by atoms with E-state index < -0.39 is 11.7 Å². The molecule has 70 valence electrons. The summed E-state index contributed by atoms with van der Waals surface area (Å²) in [6.07, 6.45) is 1.68. The first-order valence-electron chi connectivity index (χ1n) is 4.49. The van der Waals surface area contributed by atoms with E-state index in [0.29, 0.717) is 18.8 Å². The molecule has 1 saturated carbocycles. The van der Waals surface area contributed by atoms with E-state index in [1.54, 1.807) is 6.92 Å². The quantitative estimate of drug-likeness (QED) is 0.585. The van der Waals surface area contributed by atoms with Gasteiger partial charge in [-0.2, -0.15) is 0 Å². The highest BCUT2D eigenvalue weighted by molar-refractivity contribution is 5.02. The molecule has 1 aliphatic carbocycles. The van der Waals surface area contributed by atoms with Crippen LogP contribution in [0.4, 0.5) is 0 Å². The van der Waals surface area contributed by atoms with Gasteiger partial charge in [0.1, 0.15) is 0 Å². The van der Waals surface area contributed by atoms with Crippen molar-refractivity contribution in [2.24, 2.45) is 5.92 Å². The molecule has 2 N–H and O–H groups in total. The first-order valence-corrected chi connectivity index (χ1v) is 4.49. The first kappa shape index (κ1) is 9.75. The van der Waals surface area contributed by atoms with E-state index in [-0.39, 0.29) is 0 Å². The maximum atomic E-state index is 9.66. The van der Waals surface area contributed by atoms with E-state index in [2.05, 4.69) is 6.58 Å². The lowest BCUT2D eigenvalue weighted by molar-refractivity contribution is -0.0952. The second kappa shape index (κ2) is 3.19. The van der Waals surface area contributed by atoms with Crippen molar-refractivity contribution in [1.29, 1.82) is 0 Å². The molecule has 2 unspecified atom stereocenters. The Labute approximate surface area is 73.9 Å². The lowest BCUT2D eigenvalue weighted by Gasteiger charge is -2.38. The average molecular weight is 170 g/mol. The fourth-order valence-corrected chi connectivity index (χ4v) is 1.72. The Morgan fingerprint density at radius 1 is 1.58 bits per heavy atom. The zero-order valence-corrected chi connectivity index (χ0v) is 7.88. The van der Waals surface area contributed by atoms with Gasteiger partial charge in [0.25, 0.3) is 0 Å². The second-order valence-corrected chi connectivity index (χ2v) is 4.19. The smallest absolute Gasteiger partial charge is 0.0877 e. The van der Waals surface area contributed by atoms with Crippen LogP contribution in [0, 0.1) is 5.92 Å². The van der Waals surface area contributed by atoms with Crippen LogP contribution in [0.15, 0.2) is 12.2 Å². The Morgan fingerprint density at radius 3 is 2.58 bits per heavy atom. The van der Waals surface area contributed by atoms with Gasteiger partial charge >= 0.3 is 0 Å². The summed E-state index contributed by atoms with van der Waals surface area (Å²) in [4.78, 5) is 0. The molecule has 0 aliphatic heterocycles. The van der Waals surface area contributed by atoms with Crippen molar-refractivity contribution in [2.75, 3.05) is 0 Å². The molecule has 0 aromatic heterocycles. The molecule has 0 amide bonds. The fraction of sp³-hybridized carbons (Fsp3) is 0.800. The highest BCUT2D eigenvalue weighted by Crippen LogP contribution is 2.34. The third-order valence-electron chi connectivity index (χ3n) is 2.92. The van der Waals surface area contributed by atoms with Crippen molar-refractivity contribution < 1.29 is 10.2 Å². The largest absolute Gasteiger partial charge is 0.390 e. The predicted octanol–water partition coefficient (Wildman–Crippen LogP) is 1.47. The van der Waals surface area contributed by atoms with E-state index >= 15 is 0 Å². The van der Waals surface area contributed by atoms with Crippen molar-refractivity contribution in [3.05, 3.63) is 12.2 Å². The molecule has 0 saturated heterocycles. The van der Waals surface area contributed by atoms with Gasteiger partial charge in [-0.25, -0.2) is 0 Å². The van der Waals surface area contributed by atoms with Gasteiger partial charge in [0.2, 0.25) is 0 Å². The molecular weight excluding hydrogens is 152 g/mol. The standard InChI is InChI=1S/C10H18O2/c1-7(2)8-4-5-10(3,12)9(11)6-8/h8-9,11-12H,1,4-6H2,2-3H3/t8?,9?,10-/m1/s1. The van der Waals surface area contributed by atoms with Gasteiger partial charge in [0, 0.05) is 0 Å². The number of aliphatic hydroxyl groups excluding tert-OH is 1. The SMILES string of the molecule is C=C(C)C1CC[C@@](C)(O)C(O)C1. The predicted molar refractivity (Wildman–Crippen MR) is 48.8 cm³/mol. The zero-order chi connectivity index (χ0) is 9.35. The van der Waals surface area contributed by atoms with Gasteiger partial charge in [-0.1, -0.05) is 12.2 Å². The lowest BCUT2D eigenvalue weighted by Crippen LogP contribution is -2.44. The van der Waals surface area contributed by atoms with Gasteiger partial charge in [-0.3, -0.25) is 0 Å². The zero-order valence-electron chi connectivity index (χ0n) is 7.88. The molecule has 0 aromatic carbocycles. The molecular formula is C10H18O2. The van der Waals surface area contributed by atoms with Crippen molar-refractivity contribution in [1.82, 2.24) is 0 Å². The maximum Gasteiger partial charge on any atom is 0.0877 e. The van der Waals surface area contributed by atoms with Crippen LogP contribution in [0.2, 0.25) is 0 Å². The number of hydrogen-bond acceptors (Lipinski definition) is 2. The number of aliphatic hydroxyl groups is 2. The summed E-state index contributed by atoms with van der Waals surface area (Å²) >= 11 is 0. The summed E-state index contributed by atoms with van der Waals surface area (Å²) in [6, 6.07) is 0. The van der Waals surface area contributed by atoms with Crippen LogP contribution in [0.25, 0.3) is 0 Å². The minimum atomic E-state index is -0.883. The van der Waals surface area contributed by atoms with E-state index in [9.17, 15) is 10.2 Å². The normalized spacial score (nSPS) is 42.7. The number of hydrogen-bond donors (Lipinski definition) is 2. The van der Waals surface area contributed by atoms with Gasteiger partial charge < -0.3 is 10.2 Å². The van der Waals surface area contributed by atoms with Gasteiger partial charge in [0.05, 0.1) is 11.7 Å². The van der Waals surface area contributed by atoms with E-state index in [1.807, 2.05) is 6.92 Å². The third kappa shape index (κ3) is 1.87. The number of allylic oxidation sites excluding steroid dienone is 1. The maximum absolute atomic E-state index is 9.66. The number of rotatable bonds is 1. The topological polar surface area (TPSA) is 40.5 Å². The Bertz CT molecular complexity index is 184. The molecule has 2 nitrogen and oxygen atoms in total. The Hall–Kier alpha value is -0.340. The molecule has 0 radical (unpaired) electrons. The van der Waals surface area contributed by atoms with Crippen LogP contribution in [-0.4, -0.2) is 21.9 Å². The van der Waals surface area contributed by atoms with Crippen molar-refractivity contribution in [2.45, 2.75) is 44.8 Å². The lowest BCUT2D eigenvalue weighted by atomic mass is 9.75. The van der Waals surface area contributed by atoms with Crippen LogP contribution in [0.1, 0.15) is 33.1 Å². The Morgan fingerprint density at radius 2 is 2.17 bits per heavy atom. The van der Waals surface area contributed by atoms with E-state index in [0.717, 1.165) is 12.0 Å². The third-order valence-corrected chi connectivity index (χ3v) is 2.92. The van der Waals surface area contributed by atoms with Crippen LogP contribution in [-0.2, 0) is 0 Å². The van der Waals surface area contributed by atoms with Crippen LogP contribution in [0.5, 0.6) is 0 Å². The van der Waals surface area contributed by atoms with E-state index in [1.165, 1.54) is 0 Å². The van der Waals surface area contributed by atoms with Crippen LogP contribution < -0.4 is 0 Å². The summed E-state index contributed by atoms with van der Waals surface area (Å²) in [7, 11) is 0. The van der Waals surface area contributed by atoms with E-state index in [4.69, 9.17) is 0 Å². The monoisotopic (exact) mass is 170 g/mol. The van der Waals surface area contributed by atoms with Crippen molar-refractivity contribution in [3.8, 4) is 0 Å². The summed E-state index contributed by atoms with van der Waals surface area (Å²) in [5, 5.41) is 19.2. The highest BCUT2D eigenvalue weighted by atomic mass is 16.3. The summed E-state index contributed by atoms with van der Waals surface area (Å²) in [6.45, 7) is 7.55. The summed E-state index contributed by atoms with van der Waals surface area (Å²) in [5.41, 5.74) is 0.232. The first-order chi connectivity index (χ1) is 5.43. The molecule has 0 heterocycles. The Kier molecular flexibility index (Phi) is 2.59. The second-order valence-electron chi connectivity index (χ2n) is 4.19. The highest BCUT2D eigenvalue weighted by Gasteiger charge is 2.37. The van der Waals surface area contributed by atoms with Crippen LogP contribution in [0.3, 0.4) is 0 Å². The molecule has 0 spiro atoms. The molecule has 12 heavy (non-hydrogen) atoms. The summed E-state index contributed by atoms with van der Waals surface area (Å²) in [5.74, 6) is 0.389. The van der Waals surface area contributed by atoms with Gasteiger partial charge in [0.15, 0.2) is 0 Å². The Balaban J connectivity index is 2.58. The minimum Gasteiger partial charge on any atom is -0.390 e. The molecule has 0 bridgehead atoms. The fourth-order valence-electron chi connectivity index (χ4n) is 1.72. The van der Waals surface area contributed by atoms with Gasteiger partial charge in [-0.05, 0) is 39.0 Å². The molecule has 0 aromatic rings. The molecule has 3 atom stereocenters. The molecule has 2 heteroatoms.